The molecule has 24 heavy (non-hydrogen) atoms. The largest absolute Gasteiger partial charge is 0.493 e. The molecule has 1 amide bonds. The Kier molecular flexibility index (Phi) is 5.81. The molecule has 0 saturated carbocycles. The van der Waals surface area contributed by atoms with Gasteiger partial charge >= 0.3 is 0 Å². The van der Waals surface area contributed by atoms with E-state index in [4.69, 9.17) is 4.74 Å². The normalized spacial score (nSPS) is 10.9. The van der Waals surface area contributed by atoms with Crippen molar-refractivity contribution in [2.75, 3.05) is 17.6 Å². The maximum absolute atomic E-state index is 12.4. The van der Waals surface area contributed by atoms with Gasteiger partial charge in [-0.3, -0.25) is 9.52 Å². The molecule has 7 heteroatoms. The van der Waals surface area contributed by atoms with Gasteiger partial charge < -0.3 is 10.1 Å². The van der Waals surface area contributed by atoms with Gasteiger partial charge in [-0.1, -0.05) is 30.3 Å². The van der Waals surface area contributed by atoms with Crippen molar-refractivity contribution < 1.29 is 17.9 Å². The van der Waals surface area contributed by atoms with Crippen molar-refractivity contribution in [2.45, 2.75) is 13.5 Å². The minimum absolute atomic E-state index is 0.192. The van der Waals surface area contributed by atoms with E-state index in [-0.39, 0.29) is 12.5 Å². The molecule has 0 heterocycles. The van der Waals surface area contributed by atoms with Crippen LogP contribution in [0.15, 0.2) is 48.5 Å². The van der Waals surface area contributed by atoms with Crippen LogP contribution < -0.4 is 14.8 Å². The molecule has 2 N–H and O–H groups in total. The molecular weight excluding hydrogens is 328 g/mol. The molecule has 6 nitrogen and oxygen atoms in total. The Morgan fingerprint density at radius 1 is 1.08 bits per heavy atom. The van der Waals surface area contributed by atoms with Crippen LogP contribution in [0, 0.1) is 0 Å². The molecule has 0 atom stereocenters. The smallest absolute Gasteiger partial charge is 0.255 e. The van der Waals surface area contributed by atoms with E-state index in [2.05, 4.69) is 10.0 Å². The quantitative estimate of drug-likeness (QED) is 0.805. The lowest BCUT2D eigenvalue weighted by Crippen LogP contribution is -2.24. The topological polar surface area (TPSA) is 84.5 Å². The van der Waals surface area contributed by atoms with Crippen molar-refractivity contribution in [3.63, 3.8) is 0 Å². The van der Waals surface area contributed by atoms with Crippen LogP contribution in [0.2, 0.25) is 0 Å². The molecule has 2 rings (SSSR count). The second kappa shape index (κ2) is 7.83. The molecular formula is C17H20N2O4S. The number of carbonyl (C=O) groups excluding carboxylic acids is 1. The summed E-state index contributed by atoms with van der Waals surface area (Å²) in [5, 5.41) is 2.79. The van der Waals surface area contributed by atoms with Gasteiger partial charge in [0.05, 0.1) is 24.1 Å². The summed E-state index contributed by atoms with van der Waals surface area (Å²) >= 11 is 0. The average molecular weight is 348 g/mol. The van der Waals surface area contributed by atoms with Crippen molar-refractivity contribution in [1.29, 1.82) is 0 Å². The summed E-state index contributed by atoms with van der Waals surface area (Å²) in [5.41, 5.74) is 1.55. The first-order valence-corrected chi connectivity index (χ1v) is 9.35. The van der Waals surface area contributed by atoms with E-state index in [1.165, 1.54) is 0 Å². The van der Waals surface area contributed by atoms with Crippen LogP contribution in [-0.4, -0.2) is 27.2 Å². The minimum Gasteiger partial charge on any atom is -0.493 e. The zero-order valence-corrected chi connectivity index (χ0v) is 14.4. The molecule has 0 aliphatic rings. The molecule has 0 aromatic heterocycles. The lowest BCUT2D eigenvalue weighted by atomic mass is 10.1. The number of para-hydroxylation sites is 2. The highest BCUT2D eigenvalue weighted by atomic mass is 32.2. The van der Waals surface area contributed by atoms with Crippen molar-refractivity contribution in [3.05, 3.63) is 59.7 Å². The van der Waals surface area contributed by atoms with Gasteiger partial charge in [0, 0.05) is 6.54 Å². The van der Waals surface area contributed by atoms with Crippen LogP contribution in [0.25, 0.3) is 0 Å². The highest BCUT2D eigenvalue weighted by Gasteiger charge is 2.13. The van der Waals surface area contributed by atoms with Crippen molar-refractivity contribution in [3.8, 4) is 5.75 Å². The van der Waals surface area contributed by atoms with Crippen molar-refractivity contribution in [2.24, 2.45) is 0 Å². The van der Waals surface area contributed by atoms with Gasteiger partial charge in [-0.05, 0) is 30.7 Å². The summed E-state index contributed by atoms with van der Waals surface area (Å²) in [6.07, 6.45) is 1.08. The fourth-order valence-corrected chi connectivity index (χ4v) is 2.78. The SMILES string of the molecule is CCOc1ccccc1C(=O)NCc1ccccc1NS(C)(=O)=O. The number of rotatable bonds is 7. The first kappa shape index (κ1) is 17.8. The molecule has 0 aliphatic heterocycles. The van der Waals surface area contributed by atoms with E-state index in [1.54, 1.807) is 48.5 Å². The zero-order chi connectivity index (χ0) is 17.6. The fourth-order valence-electron chi connectivity index (χ4n) is 2.18. The van der Waals surface area contributed by atoms with Crippen molar-refractivity contribution >= 4 is 21.6 Å². The third-order valence-corrected chi connectivity index (χ3v) is 3.77. The summed E-state index contributed by atoms with van der Waals surface area (Å²) < 4.78 is 30.7. The second-order valence-electron chi connectivity index (χ2n) is 5.14. The molecule has 0 radical (unpaired) electrons. The molecule has 0 unspecified atom stereocenters. The van der Waals surface area contributed by atoms with Gasteiger partial charge in [-0.2, -0.15) is 0 Å². The number of sulfonamides is 1. The highest BCUT2D eigenvalue weighted by Crippen LogP contribution is 2.19. The van der Waals surface area contributed by atoms with E-state index >= 15 is 0 Å². The van der Waals surface area contributed by atoms with Crippen LogP contribution in [-0.2, 0) is 16.6 Å². The Morgan fingerprint density at radius 2 is 1.75 bits per heavy atom. The fraction of sp³-hybridized carbons (Fsp3) is 0.235. The lowest BCUT2D eigenvalue weighted by molar-refractivity contribution is 0.0947. The first-order chi connectivity index (χ1) is 11.4. The number of benzene rings is 2. The molecule has 2 aromatic carbocycles. The van der Waals surface area contributed by atoms with Gasteiger partial charge in [-0.15, -0.1) is 0 Å². The summed E-state index contributed by atoms with van der Waals surface area (Å²) in [6.45, 7) is 2.51. The number of anilines is 1. The predicted octanol–water partition coefficient (Wildman–Crippen LogP) is 2.39. The Labute approximate surface area is 141 Å². The number of carbonyl (C=O) groups is 1. The number of nitrogens with one attached hydrogen (secondary N) is 2. The number of hydrogen-bond acceptors (Lipinski definition) is 4. The minimum atomic E-state index is -3.39. The van der Waals surface area contributed by atoms with Crippen LogP contribution in [0.4, 0.5) is 5.69 Å². The van der Waals surface area contributed by atoms with Gasteiger partial charge in [-0.25, -0.2) is 8.42 Å². The Balaban J connectivity index is 2.13. The zero-order valence-electron chi connectivity index (χ0n) is 13.6. The van der Waals surface area contributed by atoms with E-state index in [0.29, 0.717) is 29.2 Å². The predicted molar refractivity (Wildman–Crippen MR) is 93.7 cm³/mol. The van der Waals surface area contributed by atoms with Crippen LogP contribution in [0.3, 0.4) is 0 Å². The summed E-state index contributed by atoms with van der Waals surface area (Å²) in [5.74, 6) is 0.230. The van der Waals surface area contributed by atoms with Gasteiger partial charge in [0.1, 0.15) is 5.75 Å². The monoisotopic (exact) mass is 348 g/mol. The van der Waals surface area contributed by atoms with Gasteiger partial charge in [0.15, 0.2) is 0 Å². The molecule has 2 aromatic rings. The second-order valence-corrected chi connectivity index (χ2v) is 6.89. The maximum Gasteiger partial charge on any atom is 0.255 e. The maximum atomic E-state index is 12.4. The van der Waals surface area contributed by atoms with Crippen molar-refractivity contribution in [1.82, 2.24) is 5.32 Å². The number of hydrogen-bond donors (Lipinski definition) is 2. The highest BCUT2D eigenvalue weighted by molar-refractivity contribution is 7.92. The summed E-state index contributed by atoms with van der Waals surface area (Å²) in [4.78, 5) is 12.4. The third kappa shape index (κ3) is 4.99. The molecule has 0 spiro atoms. The third-order valence-electron chi connectivity index (χ3n) is 3.18. The van der Waals surface area contributed by atoms with Gasteiger partial charge in [0.25, 0.3) is 5.91 Å². The van der Waals surface area contributed by atoms with Crippen LogP contribution in [0.5, 0.6) is 5.75 Å². The molecule has 0 bridgehead atoms. The van der Waals surface area contributed by atoms with Crippen LogP contribution >= 0.6 is 0 Å². The Bertz CT molecular complexity index is 819. The molecule has 128 valence electrons. The number of ether oxygens (including phenoxy) is 1. The number of amides is 1. The van der Waals surface area contributed by atoms with Crippen LogP contribution in [0.1, 0.15) is 22.8 Å². The van der Waals surface area contributed by atoms with E-state index < -0.39 is 10.0 Å². The standard InChI is InChI=1S/C17H20N2O4S/c1-3-23-16-11-7-5-9-14(16)17(20)18-12-13-8-4-6-10-15(13)19-24(2,21)22/h4-11,19H,3,12H2,1-2H3,(H,18,20). The first-order valence-electron chi connectivity index (χ1n) is 7.46. The van der Waals surface area contributed by atoms with E-state index in [0.717, 1.165) is 6.26 Å². The Hall–Kier alpha value is -2.54. The van der Waals surface area contributed by atoms with Gasteiger partial charge in [0.2, 0.25) is 10.0 Å². The molecule has 0 saturated heterocycles. The molecule has 0 fully saturated rings. The van der Waals surface area contributed by atoms with E-state index in [9.17, 15) is 13.2 Å². The Morgan fingerprint density at radius 3 is 2.46 bits per heavy atom. The summed E-state index contributed by atoms with van der Waals surface area (Å²) in [6, 6.07) is 13.9. The van der Waals surface area contributed by atoms with E-state index in [1.807, 2.05) is 6.92 Å². The summed E-state index contributed by atoms with van der Waals surface area (Å²) in [7, 11) is -3.39. The average Bonchev–Trinajstić information content (AvgIpc) is 2.53. The lowest BCUT2D eigenvalue weighted by Gasteiger charge is -2.13. The molecule has 0 aliphatic carbocycles.